The van der Waals surface area contributed by atoms with E-state index < -0.39 is 5.63 Å². The van der Waals surface area contributed by atoms with Crippen molar-refractivity contribution in [3.05, 3.63) is 74.9 Å². The van der Waals surface area contributed by atoms with E-state index in [-0.39, 0.29) is 29.5 Å². The number of carbonyl (C=O) groups excluding carboxylic acids is 1. The third-order valence-electron chi connectivity index (χ3n) is 4.46. The summed E-state index contributed by atoms with van der Waals surface area (Å²) >= 11 is 0. The van der Waals surface area contributed by atoms with Crippen molar-refractivity contribution in [2.24, 2.45) is 0 Å². The van der Waals surface area contributed by atoms with Crippen LogP contribution in [0, 0.1) is 19.7 Å². The summed E-state index contributed by atoms with van der Waals surface area (Å²) in [7, 11) is 0. The molecule has 0 fully saturated rings. The lowest BCUT2D eigenvalue weighted by Gasteiger charge is -2.10. The quantitative estimate of drug-likeness (QED) is 0.677. The van der Waals surface area contributed by atoms with Crippen LogP contribution in [0.25, 0.3) is 11.0 Å². The van der Waals surface area contributed by atoms with Crippen LogP contribution < -0.4 is 10.9 Å². The Morgan fingerprint density at radius 2 is 2.00 bits per heavy atom. The van der Waals surface area contributed by atoms with Crippen molar-refractivity contribution in [1.82, 2.24) is 5.32 Å². The van der Waals surface area contributed by atoms with Crippen molar-refractivity contribution in [3.63, 3.8) is 0 Å². The van der Waals surface area contributed by atoms with Gasteiger partial charge in [-0.3, -0.25) is 4.79 Å². The molecule has 3 aromatic rings. The first-order valence-electron chi connectivity index (χ1n) is 8.62. The van der Waals surface area contributed by atoms with E-state index in [2.05, 4.69) is 5.32 Å². The van der Waals surface area contributed by atoms with E-state index in [1.165, 1.54) is 12.1 Å². The normalized spacial score (nSPS) is 10.9. The highest BCUT2D eigenvalue weighted by Gasteiger charge is 2.17. The number of halogens is 1. The van der Waals surface area contributed by atoms with E-state index in [1.807, 2.05) is 0 Å². The van der Waals surface area contributed by atoms with Gasteiger partial charge in [-0.1, -0.05) is 12.1 Å². The Morgan fingerprint density at radius 1 is 1.22 bits per heavy atom. The second-order valence-corrected chi connectivity index (χ2v) is 6.56. The van der Waals surface area contributed by atoms with Crippen molar-refractivity contribution in [2.75, 3.05) is 6.54 Å². The van der Waals surface area contributed by atoms with E-state index in [0.29, 0.717) is 29.5 Å². The smallest absolute Gasteiger partial charge is 0.340 e. The van der Waals surface area contributed by atoms with Gasteiger partial charge in [0, 0.05) is 6.54 Å². The summed E-state index contributed by atoms with van der Waals surface area (Å²) in [5, 5.41) is 13.3. The summed E-state index contributed by atoms with van der Waals surface area (Å²) in [5.41, 5.74) is 1.99. The number of hydrogen-bond acceptors (Lipinski definition) is 4. The molecule has 0 saturated carbocycles. The van der Waals surface area contributed by atoms with E-state index in [0.717, 1.165) is 11.1 Å². The number of aromatic hydroxyl groups is 1. The second kappa shape index (κ2) is 7.61. The van der Waals surface area contributed by atoms with Crippen LogP contribution in [0.4, 0.5) is 4.39 Å². The maximum Gasteiger partial charge on any atom is 0.340 e. The Labute approximate surface area is 155 Å². The number of carbonyl (C=O) groups is 1. The molecule has 140 valence electrons. The van der Waals surface area contributed by atoms with Gasteiger partial charge < -0.3 is 14.8 Å². The maximum absolute atomic E-state index is 13.2. The van der Waals surface area contributed by atoms with Gasteiger partial charge >= 0.3 is 5.63 Å². The lowest BCUT2D eigenvalue weighted by Crippen LogP contribution is -2.29. The van der Waals surface area contributed by atoms with E-state index >= 15 is 0 Å². The van der Waals surface area contributed by atoms with Crippen molar-refractivity contribution >= 4 is 16.9 Å². The molecule has 3 rings (SSSR count). The third-order valence-corrected chi connectivity index (χ3v) is 4.46. The van der Waals surface area contributed by atoms with Gasteiger partial charge in [-0.25, -0.2) is 9.18 Å². The highest BCUT2D eigenvalue weighted by molar-refractivity contribution is 5.89. The number of fused-ring (bicyclic) bond motifs is 1. The average Bonchev–Trinajstić information content (AvgIpc) is 2.58. The molecule has 1 aromatic heterocycles. The molecule has 1 heterocycles. The van der Waals surface area contributed by atoms with Gasteiger partial charge in [0.25, 0.3) is 0 Å². The van der Waals surface area contributed by atoms with Crippen LogP contribution in [0.1, 0.15) is 22.3 Å². The zero-order valence-electron chi connectivity index (χ0n) is 15.1. The van der Waals surface area contributed by atoms with Crippen LogP contribution >= 0.6 is 0 Å². The SMILES string of the molecule is Cc1cc(O)c2c(C)c(CC(=O)NCCc3cccc(F)c3)c(=O)oc2c1. The molecule has 0 bridgehead atoms. The summed E-state index contributed by atoms with van der Waals surface area (Å²) in [6.07, 6.45) is 0.329. The molecule has 0 atom stereocenters. The van der Waals surface area contributed by atoms with Crippen molar-refractivity contribution in [3.8, 4) is 5.75 Å². The molecular formula is C21H20FNO4. The Hall–Kier alpha value is -3.15. The molecule has 0 unspecified atom stereocenters. The van der Waals surface area contributed by atoms with Crippen molar-refractivity contribution in [1.29, 1.82) is 0 Å². The monoisotopic (exact) mass is 369 g/mol. The molecule has 5 nitrogen and oxygen atoms in total. The number of phenolic OH excluding ortho intramolecular Hbond substituents is 1. The molecule has 0 radical (unpaired) electrons. The van der Waals surface area contributed by atoms with Crippen LogP contribution in [0.5, 0.6) is 5.75 Å². The first-order chi connectivity index (χ1) is 12.8. The fourth-order valence-corrected chi connectivity index (χ4v) is 3.12. The highest BCUT2D eigenvalue weighted by atomic mass is 19.1. The minimum absolute atomic E-state index is 0.0130. The minimum atomic E-state index is -0.592. The first kappa shape index (κ1) is 18.6. The van der Waals surface area contributed by atoms with E-state index in [9.17, 15) is 19.1 Å². The molecular weight excluding hydrogens is 349 g/mol. The molecule has 0 aliphatic rings. The summed E-state index contributed by atoms with van der Waals surface area (Å²) < 4.78 is 18.4. The van der Waals surface area contributed by atoms with Crippen LogP contribution in [-0.2, 0) is 17.6 Å². The Morgan fingerprint density at radius 3 is 2.74 bits per heavy atom. The highest BCUT2D eigenvalue weighted by Crippen LogP contribution is 2.29. The van der Waals surface area contributed by atoms with Crippen molar-refractivity contribution in [2.45, 2.75) is 26.7 Å². The number of phenols is 1. The molecule has 1 amide bonds. The number of amides is 1. The van der Waals surface area contributed by atoms with Gasteiger partial charge in [0.1, 0.15) is 17.1 Å². The van der Waals surface area contributed by atoms with Gasteiger partial charge in [0.2, 0.25) is 5.91 Å². The number of aryl methyl sites for hydroxylation is 2. The van der Waals surface area contributed by atoms with E-state index in [1.54, 1.807) is 38.1 Å². The Kier molecular flexibility index (Phi) is 5.26. The van der Waals surface area contributed by atoms with Gasteiger partial charge in [-0.05, 0) is 61.2 Å². The molecule has 27 heavy (non-hydrogen) atoms. The molecule has 0 aliphatic carbocycles. The van der Waals surface area contributed by atoms with E-state index in [4.69, 9.17) is 4.42 Å². The van der Waals surface area contributed by atoms with Crippen LogP contribution in [-0.4, -0.2) is 17.6 Å². The second-order valence-electron chi connectivity index (χ2n) is 6.56. The molecule has 2 aromatic carbocycles. The molecule has 2 N–H and O–H groups in total. The van der Waals surface area contributed by atoms with Crippen LogP contribution in [0.15, 0.2) is 45.6 Å². The number of rotatable bonds is 5. The number of benzene rings is 2. The zero-order chi connectivity index (χ0) is 19.6. The maximum atomic E-state index is 13.2. The first-order valence-corrected chi connectivity index (χ1v) is 8.62. The fraction of sp³-hybridized carbons (Fsp3) is 0.238. The van der Waals surface area contributed by atoms with Gasteiger partial charge in [-0.2, -0.15) is 0 Å². The summed E-state index contributed by atoms with van der Waals surface area (Å²) in [6.45, 7) is 3.79. The summed E-state index contributed by atoms with van der Waals surface area (Å²) in [6, 6.07) is 9.43. The summed E-state index contributed by atoms with van der Waals surface area (Å²) in [4.78, 5) is 24.5. The average molecular weight is 369 g/mol. The lowest BCUT2D eigenvalue weighted by atomic mass is 10.0. The fourth-order valence-electron chi connectivity index (χ4n) is 3.12. The van der Waals surface area contributed by atoms with Gasteiger partial charge in [0.15, 0.2) is 0 Å². The summed E-state index contributed by atoms with van der Waals surface area (Å²) in [5.74, 6) is -0.648. The topological polar surface area (TPSA) is 79.5 Å². The standard InChI is InChI=1S/C21H20FNO4/c1-12-8-17(24)20-13(2)16(21(26)27-18(20)9-12)11-19(25)23-7-6-14-4-3-5-15(22)10-14/h3-5,8-10,24H,6-7,11H2,1-2H3,(H,23,25). The predicted molar refractivity (Wildman–Crippen MR) is 100 cm³/mol. The molecule has 0 aliphatic heterocycles. The number of hydrogen-bond donors (Lipinski definition) is 2. The third kappa shape index (κ3) is 4.16. The lowest BCUT2D eigenvalue weighted by molar-refractivity contribution is -0.120. The van der Waals surface area contributed by atoms with Gasteiger partial charge in [-0.15, -0.1) is 0 Å². The Balaban J connectivity index is 1.74. The largest absolute Gasteiger partial charge is 0.507 e. The predicted octanol–water partition coefficient (Wildman–Crippen LogP) is 3.16. The Bertz CT molecular complexity index is 1070. The molecule has 6 heteroatoms. The molecule has 0 saturated heterocycles. The van der Waals surface area contributed by atoms with Gasteiger partial charge in [0.05, 0.1) is 17.4 Å². The molecule has 0 spiro atoms. The number of nitrogens with one attached hydrogen (secondary N) is 1. The van der Waals surface area contributed by atoms with Crippen molar-refractivity contribution < 1.29 is 18.7 Å². The minimum Gasteiger partial charge on any atom is -0.507 e. The zero-order valence-corrected chi connectivity index (χ0v) is 15.1. The van der Waals surface area contributed by atoms with Crippen LogP contribution in [0.3, 0.4) is 0 Å². The van der Waals surface area contributed by atoms with Crippen LogP contribution in [0.2, 0.25) is 0 Å².